The Morgan fingerprint density at radius 2 is 2.09 bits per heavy atom. The number of nitrogens with zero attached hydrogens (tertiary/aromatic N) is 4. The Bertz CT molecular complexity index is 503. The fourth-order valence-electron chi connectivity index (χ4n) is 2.96. The van der Waals surface area contributed by atoms with Gasteiger partial charge in [-0.3, -0.25) is 4.79 Å². The summed E-state index contributed by atoms with van der Waals surface area (Å²) in [6.45, 7) is 7.16. The van der Waals surface area contributed by atoms with E-state index >= 15 is 0 Å². The number of halogens is 1. The molecule has 2 fully saturated rings. The Morgan fingerprint density at radius 3 is 2.82 bits per heavy atom. The van der Waals surface area contributed by atoms with E-state index in [1.807, 2.05) is 23.4 Å². The minimum atomic E-state index is -0.0437. The standard InChI is InChI=1S/C14H23N5O2.ClH/c1-10-9-21-11(2)7-18(10)14(20)13-8-19(17-16-13)12-3-5-15-6-4-12;/h8,10-12,15H,3-7,9H2,1-2H3;1H. The third-order valence-electron chi connectivity index (χ3n) is 4.28. The second kappa shape index (κ2) is 7.39. The first kappa shape index (κ1) is 17.2. The minimum Gasteiger partial charge on any atom is -0.375 e. The van der Waals surface area contributed by atoms with Crippen molar-refractivity contribution in [1.82, 2.24) is 25.2 Å². The van der Waals surface area contributed by atoms with Gasteiger partial charge in [0.1, 0.15) is 0 Å². The maximum atomic E-state index is 12.6. The lowest BCUT2D eigenvalue weighted by atomic mass is 10.1. The van der Waals surface area contributed by atoms with Gasteiger partial charge in [-0.25, -0.2) is 4.68 Å². The summed E-state index contributed by atoms with van der Waals surface area (Å²) in [4.78, 5) is 14.4. The highest BCUT2D eigenvalue weighted by atomic mass is 35.5. The molecular formula is C14H24ClN5O2. The lowest BCUT2D eigenvalue weighted by molar-refractivity contribution is -0.0389. The molecule has 2 atom stereocenters. The van der Waals surface area contributed by atoms with Gasteiger partial charge in [-0.15, -0.1) is 17.5 Å². The number of aromatic nitrogens is 3. The normalized spacial score (nSPS) is 26.5. The predicted molar refractivity (Wildman–Crippen MR) is 84.3 cm³/mol. The maximum absolute atomic E-state index is 12.6. The molecule has 1 aromatic rings. The molecule has 0 saturated carbocycles. The van der Waals surface area contributed by atoms with Crippen LogP contribution in [0.25, 0.3) is 0 Å². The van der Waals surface area contributed by atoms with Crippen LogP contribution in [0.5, 0.6) is 0 Å². The number of nitrogens with one attached hydrogen (secondary N) is 1. The summed E-state index contributed by atoms with van der Waals surface area (Å²) >= 11 is 0. The highest BCUT2D eigenvalue weighted by Gasteiger charge is 2.30. The van der Waals surface area contributed by atoms with Crippen LogP contribution in [0.15, 0.2) is 6.20 Å². The smallest absolute Gasteiger partial charge is 0.276 e. The van der Waals surface area contributed by atoms with Gasteiger partial charge in [0.15, 0.2) is 5.69 Å². The van der Waals surface area contributed by atoms with Crippen molar-refractivity contribution >= 4 is 18.3 Å². The fourth-order valence-corrected chi connectivity index (χ4v) is 2.96. The second-order valence-corrected chi connectivity index (χ2v) is 6.02. The fraction of sp³-hybridized carbons (Fsp3) is 0.786. The summed E-state index contributed by atoms with van der Waals surface area (Å²) in [5.41, 5.74) is 0.439. The van der Waals surface area contributed by atoms with Crippen LogP contribution in [-0.4, -0.2) is 64.2 Å². The summed E-state index contributed by atoms with van der Waals surface area (Å²) in [6, 6.07) is 0.430. The van der Waals surface area contributed by atoms with E-state index in [2.05, 4.69) is 15.6 Å². The van der Waals surface area contributed by atoms with E-state index in [1.165, 1.54) is 0 Å². The SMILES string of the molecule is CC1CN(C(=O)c2cn(C3CCNCC3)nn2)C(C)CO1.Cl. The molecule has 2 aliphatic heterocycles. The Hall–Kier alpha value is -1.18. The summed E-state index contributed by atoms with van der Waals surface area (Å²) in [6.07, 6.45) is 3.93. The Kier molecular flexibility index (Phi) is 5.77. The first-order chi connectivity index (χ1) is 10.1. The van der Waals surface area contributed by atoms with Crippen LogP contribution in [0.4, 0.5) is 0 Å². The van der Waals surface area contributed by atoms with Crippen molar-refractivity contribution in [3.05, 3.63) is 11.9 Å². The molecule has 3 heterocycles. The summed E-state index contributed by atoms with van der Waals surface area (Å²) in [5, 5.41) is 11.6. The number of carbonyl (C=O) groups excluding carboxylic acids is 1. The summed E-state index contributed by atoms with van der Waals surface area (Å²) < 4.78 is 7.41. The Morgan fingerprint density at radius 1 is 1.36 bits per heavy atom. The third-order valence-corrected chi connectivity index (χ3v) is 4.28. The van der Waals surface area contributed by atoms with E-state index in [0.717, 1.165) is 25.9 Å². The molecule has 3 rings (SSSR count). The number of hydrogen-bond acceptors (Lipinski definition) is 5. The number of morpholine rings is 1. The third kappa shape index (κ3) is 3.59. The number of ether oxygens (including phenoxy) is 1. The first-order valence-corrected chi connectivity index (χ1v) is 7.70. The monoisotopic (exact) mass is 329 g/mol. The molecule has 1 amide bonds. The van der Waals surface area contributed by atoms with Gasteiger partial charge >= 0.3 is 0 Å². The summed E-state index contributed by atoms with van der Waals surface area (Å²) in [5.74, 6) is -0.0437. The van der Waals surface area contributed by atoms with Crippen molar-refractivity contribution < 1.29 is 9.53 Å². The predicted octanol–water partition coefficient (Wildman–Crippen LogP) is 0.874. The van der Waals surface area contributed by atoms with Crippen molar-refractivity contribution in [2.75, 3.05) is 26.2 Å². The van der Waals surface area contributed by atoms with E-state index in [1.54, 1.807) is 6.20 Å². The lowest BCUT2D eigenvalue weighted by Crippen LogP contribution is -2.50. The van der Waals surface area contributed by atoms with E-state index in [0.29, 0.717) is 24.9 Å². The van der Waals surface area contributed by atoms with Gasteiger partial charge in [-0.2, -0.15) is 0 Å². The van der Waals surface area contributed by atoms with Gasteiger partial charge in [0.05, 0.1) is 31.0 Å². The molecule has 1 N–H and O–H groups in total. The molecular weight excluding hydrogens is 306 g/mol. The summed E-state index contributed by atoms with van der Waals surface area (Å²) in [7, 11) is 0. The van der Waals surface area contributed by atoms with E-state index in [-0.39, 0.29) is 30.5 Å². The highest BCUT2D eigenvalue weighted by Crippen LogP contribution is 2.19. The quantitative estimate of drug-likeness (QED) is 0.872. The molecule has 2 unspecified atom stereocenters. The topological polar surface area (TPSA) is 72.3 Å². The van der Waals surface area contributed by atoms with Gasteiger partial charge in [0.2, 0.25) is 0 Å². The number of hydrogen-bond donors (Lipinski definition) is 1. The number of amides is 1. The molecule has 22 heavy (non-hydrogen) atoms. The average molecular weight is 330 g/mol. The van der Waals surface area contributed by atoms with E-state index in [4.69, 9.17) is 4.74 Å². The number of carbonyl (C=O) groups is 1. The van der Waals surface area contributed by atoms with Gasteiger partial charge in [0, 0.05) is 6.54 Å². The molecule has 0 spiro atoms. The van der Waals surface area contributed by atoms with Crippen LogP contribution >= 0.6 is 12.4 Å². The van der Waals surface area contributed by atoms with Crippen molar-refractivity contribution in [1.29, 1.82) is 0 Å². The molecule has 0 aromatic carbocycles. The molecule has 1 aromatic heterocycles. The molecule has 0 radical (unpaired) electrons. The maximum Gasteiger partial charge on any atom is 0.276 e. The number of rotatable bonds is 2. The Balaban J connectivity index is 0.00000176. The van der Waals surface area contributed by atoms with Crippen LogP contribution in [0.2, 0.25) is 0 Å². The van der Waals surface area contributed by atoms with Gasteiger partial charge in [-0.05, 0) is 39.8 Å². The van der Waals surface area contributed by atoms with Gasteiger partial charge < -0.3 is 15.0 Å². The first-order valence-electron chi connectivity index (χ1n) is 7.70. The molecule has 7 nitrogen and oxygen atoms in total. The van der Waals surface area contributed by atoms with Crippen molar-refractivity contribution in [3.8, 4) is 0 Å². The van der Waals surface area contributed by atoms with E-state index in [9.17, 15) is 4.79 Å². The lowest BCUT2D eigenvalue weighted by Gasteiger charge is -2.36. The van der Waals surface area contributed by atoms with Gasteiger partial charge in [-0.1, -0.05) is 5.21 Å². The molecule has 124 valence electrons. The largest absolute Gasteiger partial charge is 0.375 e. The zero-order valence-electron chi connectivity index (χ0n) is 13.1. The minimum absolute atomic E-state index is 0. The second-order valence-electron chi connectivity index (χ2n) is 6.02. The zero-order chi connectivity index (χ0) is 14.8. The van der Waals surface area contributed by atoms with Gasteiger partial charge in [0.25, 0.3) is 5.91 Å². The van der Waals surface area contributed by atoms with Crippen LogP contribution in [0.3, 0.4) is 0 Å². The average Bonchev–Trinajstić information content (AvgIpc) is 3.00. The van der Waals surface area contributed by atoms with Crippen molar-refractivity contribution in [3.63, 3.8) is 0 Å². The van der Waals surface area contributed by atoms with Crippen molar-refractivity contribution in [2.45, 2.75) is 44.9 Å². The highest BCUT2D eigenvalue weighted by molar-refractivity contribution is 5.92. The number of piperidine rings is 1. The van der Waals surface area contributed by atoms with Crippen LogP contribution in [0, 0.1) is 0 Å². The molecule has 0 bridgehead atoms. The van der Waals surface area contributed by atoms with Crippen LogP contribution < -0.4 is 5.32 Å². The zero-order valence-corrected chi connectivity index (χ0v) is 13.9. The van der Waals surface area contributed by atoms with Crippen molar-refractivity contribution in [2.24, 2.45) is 0 Å². The molecule has 0 aliphatic carbocycles. The molecule has 2 aliphatic rings. The Labute approximate surface area is 136 Å². The molecule has 8 heteroatoms. The van der Waals surface area contributed by atoms with E-state index < -0.39 is 0 Å². The van der Waals surface area contributed by atoms with Crippen LogP contribution in [-0.2, 0) is 4.74 Å². The van der Waals surface area contributed by atoms with Crippen LogP contribution in [0.1, 0.15) is 43.2 Å². The molecule has 2 saturated heterocycles.